The molecule has 0 radical (unpaired) electrons. The van der Waals surface area contributed by atoms with Crippen molar-refractivity contribution in [2.24, 2.45) is 0 Å². The Morgan fingerprint density at radius 1 is 1.12 bits per heavy atom. The summed E-state index contributed by atoms with van der Waals surface area (Å²) in [7, 11) is 3.34. The summed E-state index contributed by atoms with van der Waals surface area (Å²) < 4.78 is 1.71. The molecule has 0 aliphatic rings. The van der Waals surface area contributed by atoms with Gasteiger partial charge in [0, 0.05) is 38.2 Å². The molecule has 1 N–H and O–H groups in total. The summed E-state index contributed by atoms with van der Waals surface area (Å²) in [5.74, 6) is 0.0929. The molecule has 0 unspecified atom stereocenters. The fraction of sp³-hybridized carbons (Fsp3) is 0.111. The summed E-state index contributed by atoms with van der Waals surface area (Å²) >= 11 is 0. The minimum absolute atomic E-state index is 0.176. The number of para-hydroxylation sites is 1. The molecule has 25 heavy (non-hydrogen) atoms. The van der Waals surface area contributed by atoms with E-state index >= 15 is 0 Å². The maximum absolute atomic E-state index is 12.6. The third-order valence-corrected chi connectivity index (χ3v) is 3.59. The first-order chi connectivity index (χ1) is 12.1. The number of benzene rings is 1. The number of carbonyl (C=O) groups is 2. The van der Waals surface area contributed by atoms with Gasteiger partial charge in [-0.3, -0.25) is 14.2 Å². The lowest BCUT2D eigenvalue weighted by molar-refractivity contribution is 0.0828. The van der Waals surface area contributed by atoms with E-state index in [9.17, 15) is 9.59 Å². The fourth-order valence-corrected chi connectivity index (χ4v) is 2.31. The molecule has 2 amide bonds. The maximum Gasteiger partial charge on any atom is 0.255 e. The Kier molecular flexibility index (Phi) is 4.56. The summed E-state index contributed by atoms with van der Waals surface area (Å²) in [4.78, 5) is 34.5. The zero-order chi connectivity index (χ0) is 17.8. The molecule has 0 saturated carbocycles. The predicted molar refractivity (Wildman–Crippen MR) is 93.8 cm³/mol. The lowest BCUT2D eigenvalue weighted by Crippen LogP contribution is -2.24. The number of aromatic nitrogens is 3. The van der Waals surface area contributed by atoms with Crippen LogP contribution >= 0.6 is 0 Å². The van der Waals surface area contributed by atoms with Gasteiger partial charge in [0.15, 0.2) is 0 Å². The van der Waals surface area contributed by atoms with Gasteiger partial charge < -0.3 is 10.2 Å². The third kappa shape index (κ3) is 3.55. The number of nitrogens with zero attached hydrogens (tertiary/aromatic N) is 4. The zero-order valence-electron chi connectivity index (χ0n) is 13.9. The second-order valence-corrected chi connectivity index (χ2v) is 5.57. The number of hydrogen-bond donors (Lipinski definition) is 1. The average Bonchev–Trinajstić information content (AvgIpc) is 3.16. The predicted octanol–water partition coefficient (Wildman–Crippen LogP) is 2.22. The molecule has 0 spiro atoms. The standard InChI is InChI=1S/C18H17N5O2/c1-22(2)18(25)14-5-3-4-6-15(14)21-17(24)13-7-8-20-16(11-13)23-10-9-19-12-23/h3-12H,1-2H3,(H,21,24). The normalized spacial score (nSPS) is 10.3. The second kappa shape index (κ2) is 6.96. The Morgan fingerprint density at radius 2 is 1.92 bits per heavy atom. The van der Waals surface area contributed by atoms with E-state index in [4.69, 9.17) is 0 Å². The molecule has 3 rings (SSSR count). The van der Waals surface area contributed by atoms with Gasteiger partial charge in [0.25, 0.3) is 11.8 Å². The fourth-order valence-electron chi connectivity index (χ4n) is 2.31. The molecule has 2 heterocycles. The van der Waals surface area contributed by atoms with Crippen molar-refractivity contribution in [2.45, 2.75) is 0 Å². The molecule has 7 nitrogen and oxygen atoms in total. The zero-order valence-corrected chi connectivity index (χ0v) is 13.9. The molecule has 0 atom stereocenters. The van der Waals surface area contributed by atoms with Crippen molar-refractivity contribution in [1.82, 2.24) is 19.4 Å². The highest BCUT2D eigenvalue weighted by Crippen LogP contribution is 2.18. The second-order valence-electron chi connectivity index (χ2n) is 5.57. The molecule has 126 valence electrons. The number of rotatable bonds is 4. The molecule has 7 heteroatoms. The van der Waals surface area contributed by atoms with Crippen molar-refractivity contribution in [3.05, 3.63) is 72.4 Å². The van der Waals surface area contributed by atoms with Crippen LogP contribution in [0.1, 0.15) is 20.7 Å². The third-order valence-electron chi connectivity index (χ3n) is 3.59. The van der Waals surface area contributed by atoms with Gasteiger partial charge in [-0.1, -0.05) is 12.1 Å². The maximum atomic E-state index is 12.6. The largest absolute Gasteiger partial charge is 0.345 e. The Labute approximate surface area is 144 Å². The molecule has 0 aliphatic carbocycles. The lowest BCUT2D eigenvalue weighted by atomic mass is 10.1. The highest BCUT2D eigenvalue weighted by atomic mass is 16.2. The Balaban J connectivity index is 1.87. The van der Waals surface area contributed by atoms with Crippen LogP contribution in [0.3, 0.4) is 0 Å². The van der Waals surface area contributed by atoms with E-state index in [0.717, 1.165) is 0 Å². The van der Waals surface area contributed by atoms with E-state index in [1.54, 1.807) is 80.0 Å². The summed E-state index contributed by atoms with van der Waals surface area (Å²) in [6, 6.07) is 10.2. The smallest absolute Gasteiger partial charge is 0.255 e. The monoisotopic (exact) mass is 335 g/mol. The van der Waals surface area contributed by atoms with Crippen LogP contribution < -0.4 is 5.32 Å². The van der Waals surface area contributed by atoms with Crippen LogP contribution in [0.2, 0.25) is 0 Å². The van der Waals surface area contributed by atoms with E-state index in [1.807, 2.05) is 0 Å². The number of amides is 2. The molecule has 0 fully saturated rings. The van der Waals surface area contributed by atoms with Crippen LogP contribution in [0, 0.1) is 0 Å². The molecule has 1 aromatic carbocycles. The van der Waals surface area contributed by atoms with Gasteiger partial charge in [0.2, 0.25) is 0 Å². The molecule has 0 saturated heterocycles. The van der Waals surface area contributed by atoms with Gasteiger partial charge in [0.05, 0.1) is 11.3 Å². The minimum Gasteiger partial charge on any atom is -0.345 e. The number of anilines is 1. The van der Waals surface area contributed by atoms with E-state index in [-0.39, 0.29) is 11.8 Å². The van der Waals surface area contributed by atoms with Crippen molar-refractivity contribution in [3.63, 3.8) is 0 Å². The van der Waals surface area contributed by atoms with Gasteiger partial charge in [0.1, 0.15) is 12.1 Å². The van der Waals surface area contributed by atoms with Crippen molar-refractivity contribution < 1.29 is 9.59 Å². The van der Waals surface area contributed by atoms with E-state index in [0.29, 0.717) is 22.6 Å². The number of carbonyl (C=O) groups excluding carboxylic acids is 2. The highest BCUT2D eigenvalue weighted by Gasteiger charge is 2.15. The number of imidazole rings is 1. The van der Waals surface area contributed by atoms with Crippen LogP contribution in [-0.2, 0) is 0 Å². The molecule has 3 aromatic rings. The molecule has 0 aliphatic heterocycles. The Bertz CT molecular complexity index is 903. The summed E-state index contributed by atoms with van der Waals surface area (Å²) in [6.07, 6.45) is 6.54. The SMILES string of the molecule is CN(C)C(=O)c1ccccc1NC(=O)c1ccnc(-n2ccnc2)c1. The molecular formula is C18H17N5O2. The first kappa shape index (κ1) is 16.4. The lowest BCUT2D eigenvalue weighted by Gasteiger charge is -2.14. The van der Waals surface area contributed by atoms with E-state index in [1.165, 1.54) is 4.90 Å². The average molecular weight is 335 g/mol. The number of hydrogen-bond acceptors (Lipinski definition) is 4. The van der Waals surface area contributed by atoms with Crippen LogP contribution in [-0.4, -0.2) is 45.3 Å². The highest BCUT2D eigenvalue weighted by molar-refractivity contribution is 6.09. The quantitative estimate of drug-likeness (QED) is 0.793. The van der Waals surface area contributed by atoms with Gasteiger partial charge in [-0.25, -0.2) is 9.97 Å². The van der Waals surface area contributed by atoms with E-state index in [2.05, 4.69) is 15.3 Å². The summed E-state index contributed by atoms with van der Waals surface area (Å²) in [5, 5.41) is 2.80. The topological polar surface area (TPSA) is 80.1 Å². The van der Waals surface area contributed by atoms with E-state index < -0.39 is 0 Å². The first-order valence-corrected chi connectivity index (χ1v) is 7.62. The van der Waals surface area contributed by atoms with Crippen LogP contribution in [0.5, 0.6) is 0 Å². The summed E-state index contributed by atoms with van der Waals surface area (Å²) in [6.45, 7) is 0. The van der Waals surface area contributed by atoms with Crippen LogP contribution in [0.25, 0.3) is 5.82 Å². The van der Waals surface area contributed by atoms with Gasteiger partial charge in [-0.15, -0.1) is 0 Å². The molecule has 0 bridgehead atoms. The van der Waals surface area contributed by atoms with Gasteiger partial charge in [-0.2, -0.15) is 0 Å². The Morgan fingerprint density at radius 3 is 2.64 bits per heavy atom. The van der Waals surface area contributed by atoms with Crippen molar-refractivity contribution in [3.8, 4) is 5.82 Å². The van der Waals surface area contributed by atoms with Gasteiger partial charge in [-0.05, 0) is 24.3 Å². The van der Waals surface area contributed by atoms with Crippen molar-refractivity contribution >= 4 is 17.5 Å². The minimum atomic E-state index is -0.317. The van der Waals surface area contributed by atoms with Crippen LogP contribution in [0.15, 0.2) is 61.3 Å². The Hall–Kier alpha value is -3.48. The number of pyridine rings is 1. The van der Waals surface area contributed by atoms with Crippen molar-refractivity contribution in [2.75, 3.05) is 19.4 Å². The van der Waals surface area contributed by atoms with Crippen molar-refractivity contribution in [1.29, 1.82) is 0 Å². The summed E-state index contributed by atoms with van der Waals surface area (Å²) in [5.41, 5.74) is 1.34. The van der Waals surface area contributed by atoms with Gasteiger partial charge >= 0.3 is 0 Å². The number of nitrogens with one attached hydrogen (secondary N) is 1. The molecular weight excluding hydrogens is 318 g/mol. The molecule has 2 aromatic heterocycles. The first-order valence-electron chi connectivity index (χ1n) is 7.62. The van der Waals surface area contributed by atoms with Crippen LogP contribution in [0.4, 0.5) is 5.69 Å².